The monoisotopic (exact) mass is 407 g/mol. The molecule has 0 spiro atoms. The first-order valence-electron chi connectivity index (χ1n) is 9.37. The summed E-state index contributed by atoms with van der Waals surface area (Å²) in [5.74, 6) is -1.75. The Hall–Kier alpha value is -2.81. The summed E-state index contributed by atoms with van der Waals surface area (Å²) >= 11 is 0. The van der Waals surface area contributed by atoms with Gasteiger partial charge in [-0.05, 0) is 31.4 Å². The smallest absolute Gasteiger partial charge is 0.236 e. The molecule has 0 atom stereocenters. The van der Waals surface area contributed by atoms with Gasteiger partial charge < -0.3 is 20.1 Å². The van der Waals surface area contributed by atoms with Crippen LogP contribution >= 0.6 is 0 Å². The maximum atomic E-state index is 14.0. The molecule has 1 amide bonds. The van der Waals surface area contributed by atoms with E-state index in [1.165, 1.54) is 12.1 Å². The Morgan fingerprint density at radius 3 is 2.72 bits per heavy atom. The maximum absolute atomic E-state index is 14.0. The highest BCUT2D eigenvalue weighted by Gasteiger charge is 2.35. The largest absolute Gasteiger partial charge is 0.490 e. The van der Waals surface area contributed by atoms with Crippen molar-refractivity contribution in [1.29, 1.82) is 0 Å². The Balaban J connectivity index is 1.42. The minimum Gasteiger partial charge on any atom is -0.490 e. The predicted octanol–water partition coefficient (Wildman–Crippen LogP) is 2.79. The molecule has 0 unspecified atom stereocenters. The van der Waals surface area contributed by atoms with Crippen molar-refractivity contribution >= 4 is 17.3 Å². The van der Waals surface area contributed by atoms with Crippen LogP contribution in [-0.4, -0.2) is 41.3 Å². The second-order valence-corrected chi connectivity index (χ2v) is 7.41. The van der Waals surface area contributed by atoms with Gasteiger partial charge in [-0.1, -0.05) is 0 Å². The van der Waals surface area contributed by atoms with Crippen LogP contribution in [-0.2, 0) is 11.2 Å². The molecular formula is C20H20F3N3O3. The van der Waals surface area contributed by atoms with Gasteiger partial charge in [0.2, 0.25) is 11.9 Å². The van der Waals surface area contributed by atoms with Crippen molar-refractivity contribution in [3.63, 3.8) is 0 Å². The Labute approximate surface area is 165 Å². The normalized spacial score (nSPS) is 18.2. The number of benzene rings is 1. The van der Waals surface area contributed by atoms with E-state index in [1.807, 2.05) is 0 Å². The Morgan fingerprint density at radius 1 is 1.21 bits per heavy atom. The molecule has 1 fully saturated rings. The third-order valence-electron chi connectivity index (χ3n) is 5.40. The molecule has 9 heteroatoms. The summed E-state index contributed by atoms with van der Waals surface area (Å²) in [6, 6.07) is 3.78. The number of hydrogen-bond donors (Lipinski definition) is 2. The number of anilines is 2. The minimum atomic E-state index is -1.16. The molecule has 2 aliphatic heterocycles. The van der Waals surface area contributed by atoms with Crippen LogP contribution in [0.15, 0.2) is 24.4 Å². The fourth-order valence-electron chi connectivity index (χ4n) is 3.71. The lowest BCUT2D eigenvalue weighted by atomic mass is 9.92. The van der Waals surface area contributed by atoms with Crippen LogP contribution in [0.25, 0.3) is 0 Å². The number of piperidine rings is 1. The summed E-state index contributed by atoms with van der Waals surface area (Å²) in [7, 11) is 0. The van der Waals surface area contributed by atoms with Crippen molar-refractivity contribution in [2.24, 2.45) is 0 Å². The number of carbonyl (C=O) groups excluding carboxylic acids is 1. The molecule has 1 saturated heterocycles. The van der Waals surface area contributed by atoms with Crippen LogP contribution in [0, 0.1) is 17.6 Å². The van der Waals surface area contributed by atoms with Crippen molar-refractivity contribution < 1.29 is 27.8 Å². The Morgan fingerprint density at radius 2 is 1.97 bits per heavy atom. The number of ether oxygens (including phenoxy) is 1. The molecular weight excluding hydrogens is 387 g/mol. The van der Waals surface area contributed by atoms with Crippen molar-refractivity contribution in [2.75, 3.05) is 29.9 Å². The third kappa shape index (κ3) is 4.00. The first-order valence-corrected chi connectivity index (χ1v) is 9.37. The van der Waals surface area contributed by atoms with Gasteiger partial charge in [-0.2, -0.15) is 4.39 Å². The second kappa shape index (κ2) is 7.55. The van der Waals surface area contributed by atoms with E-state index in [0.717, 1.165) is 12.3 Å². The molecule has 0 aliphatic carbocycles. The molecule has 0 radical (unpaired) electrons. The van der Waals surface area contributed by atoms with E-state index in [9.17, 15) is 23.1 Å². The second-order valence-electron chi connectivity index (χ2n) is 7.41. The lowest BCUT2D eigenvalue weighted by Gasteiger charge is -2.39. The summed E-state index contributed by atoms with van der Waals surface area (Å²) in [6.45, 7) is 0.579. The number of carbonyl (C=O) groups is 1. The third-order valence-corrected chi connectivity index (χ3v) is 5.40. The summed E-state index contributed by atoms with van der Waals surface area (Å²) in [4.78, 5) is 16.5. The highest BCUT2D eigenvalue weighted by molar-refractivity contribution is 5.94. The van der Waals surface area contributed by atoms with Gasteiger partial charge in [-0.25, -0.2) is 13.8 Å². The number of nitrogens with one attached hydrogen (secondary N) is 1. The van der Waals surface area contributed by atoms with Gasteiger partial charge in [-0.3, -0.25) is 4.79 Å². The molecule has 29 heavy (non-hydrogen) atoms. The standard InChI is InChI=1S/C20H20F3N3O3/c21-12-9-15(19(23)24-10-12)26-7-5-20(28,6-8-26)11-29-16-3-2-14(22)18-13(16)1-4-17(27)25-18/h2-3,9-10,28H,1,4-8,11H2,(H,25,27). The zero-order chi connectivity index (χ0) is 20.6. The zero-order valence-corrected chi connectivity index (χ0v) is 15.6. The van der Waals surface area contributed by atoms with E-state index in [1.54, 1.807) is 4.90 Å². The highest BCUT2D eigenvalue weighted by atomic mass is 19.1. The Bertz CT molecular complexity index is 946. The van der Waals surface area contributed by atoms with Crippen LogP contribution in [0.1, 0.15) is 24.8 Å². The van der Waals surface area contributed by atoms with Crippen molar-refractivity contribution in [2.45, 2.75) is 31.3 Å². The lowest BCUT2D eigenvalue weighted by Crippen LogP contribution is -2.48. The fourth-order valence-corrected chi connectivity index (χ4v) is 3.71. The van der Waals surface area contributed by atoms with E-state index >= 15 is 0 Å². The number of aliphatic hydroxyl groups is 1. The highest BCUT2D eigenvalue weighted by Crippen LogP contribution is 2.35. The average molecular weight is 407 g/mol. The summed E-state index contributed by atoms with van der Waals surface area (Å²) in [5, 5.41) is 13.4. The maximum Gasteiger partial charge on any atom is 0.236 e. The molecule has 1 aromatic heterocycles. The number of rotatable bonds is 4. The van der Waals surface area contributed by atoms with Gasteiger partial charge in [-0.15, -0.1) is 0 Å². The molecule has 3 heterocycles. The first-order chi connectivity index (χ1) is 13.8. The predicted molar refractivity (Wildman–Crippen MR) is 99.4 cm³/mol. The van der Waals surface area contributed by atoms with Crippen molar-refractivity contribution in [3.8, 4) is 5.75 Å². The minimum absolute atomic E-state index is 0.0310. The fraction of sp³-hybridized carbons (Fsp3) is 0.400. The molecule has 6 nitrogen and oxygen atoms in total. The molecule has 2 aromatic rings. The van der Waals surface area contributed by atoms with E-state index in [4.69, 9.17) is 4.74 Å². The van der Waals surface area contributed by atoms with Crippen molar-refractivity contribution in [1.82, 2.24) is 4.98 Å². The number of nitrogens with zero attached hydrogens (tertiary/aromatic N) is 2. The first kappa shape index (κ1) is 19.5. The van der Waals surface area contributed by atoms with Gasteiger partial charge in [0.1, 0.15) is 29.6 Å². The topological polar surface area (TPSA) is 74.7 Å². The number of fused-ring (bicyclic) bond motifs is 1. The summed E-state index contributed by atoms with van der Waals surface area (Å²) in [5.41, 5.74) is -0.406. The number of hydrogen-bond acceptors (Lipinski definition) is 5. The number of amides is 1. The molecule has 0 bridgehead atoms. The van der Waals surface area contributed by atoms with Gasteiger partial charge in [0, 0.05) is 31.1 Å². The molecule has 2 N–H and O–H groups in total. The summed E-state index contributed by atoms with van der Waals surface area (Å²) < 4.78 is 47.0. The van der Waals surface area contributed by atoms with Gasteiger partial charge in [0.05, 0.1) is 17.6 Å². The van der Waals surface area contributed by atoms with Gasteiger partial charge in [0.25, 0.3) is 0 Å². The quantitative estimate of drug-likeness (QED) is 0.763. The molecule has 4 rings (SSSR count). The molecule has 154 valence electrons. The van der Waals surface area contributed by atoms with E-state index in [0.29, 0.717) is 30.8 Å². The SMILES string of the molecule is O=C1CCc2c(OCC3(O)CCN(c4cc(F)cnc4F)CC3)ccc(F)c2N1. The van der Waals surface area contributed by atoms with Crippen LogP contribution in [0.2, 0.25) is 0 Å². The number of pyridine rings is 1. The summed E-state index contributed by atoms with van der Waals surface area (Å²) in [6.07, 6.45) is 1.97. The van der Waals surface area contributed by atoms with Crippen LogP contribution in [0.4, 0.5) is 24.5 Å². The van der Waals surface area contributed by atoms with Crippen molar-refractivity contribution in [3.05, 3.63) is 47.5 Å². The van der Waals surface area contributed by atoms with Gasteiger partial charge >= 0.3 is 0 Å². The van der Waals surface area contributed by atoms with Gasteiger partial charge in [0.15, 0.2) is 0 Å². The average Bonchev–Trinajstić information content (AvgIpc) is 2.70. The molecule has 1 aromatic carbocycles. The van der Waals surface area contributed by atoms with E-state index in [2.05, 4.69) is 10.3 Å². The zero-order valence-electron chi connectivity index (χ0n) is 15.6. The van der Waals surface area contributed by atoms with E-state index < -0.39 is 23.2 Å². The number of halogens is 3. The molecule has 0 saturated carbocycles. The van der Waals surface area contributed by atoms with Crippen LogP contribution in [0.5, 0.6) is 5.75 Å². The van der Waals surface area contributed by atoms with Crippen LogP contribution in [0.3, 0.4) is 0 Å². The van der Waals surface area contributed by atoms with E-state index in [-0.39, 0.29) is 43.2 Å². The molecule has 2 aliphatic rings. The number of aromatic nitrogens is 1. The lowest BCUT2D eigenvalue weighted by molar-refractivity contribution is -0.116. The van der Waals surface area contributed by atoms with Crippen LogP contribution < -0.4 is 15.0 Å². The Kier molecular flexibility index (Phi) is 5.08.